The van der Waals surface area contributed by atoms with Gasteiger partial charge in [0.2, 0.25) is 10.0 Å². The van der Waals surface area contributed by atoms with Gasteiger partial charge in [-0.05, 0) is 26.1 Å². The number of aryl methyl sites for hydroxylation is 1. The Labute approximate surface area is 129 Å². The van der Waals surface area contributed by atoms with E-state index >= 15 is 0 Å². The summed E-state index contributed by atoms with van der Waals surface area (Å²) < 4.78 is 28.9. The van der Waals surface area contributed by atoms with E-state index in [1.54, 1.807) is 24.0 Å². The zero-order valence-electron chi connectivity index (χ0n) is 12.6. The highest BCUT2D eigenvalue weighted by Gasteiger charge is 2.20. The molecule has 2 rings (SSSR count). The van der Waals surface area contributed by atoms with E-state index in [1.807, 2.05) is 13.1 Å². The second-order valence-electron chi connectivity index (χ2n) is 4.98. The quantitative estimate of drug-likeness (QED) is 0.778. The van der Waals surface area contributed by atoms with Crippen LogP contribution in [0.15, 0.2) is 35.6 Å². The molecule has 2 aromatic heterocycles. The number of nitrogens with zero attached hydrogens (tertiary/aromatic N) is 3. The smallest absolute Gasteiger partial charge is 0.268 e. The molecule has 1 amide bonds. The largest absolute Gasteiger partial charge is 0.346 e. The van der Waals surface area contributed by atoms with Gasteiger partial charge in [-0.3, -0.25) is 9.48 Å². The molecule has 0 radical (unpaired) electrons. The number of nitrogens with one attached hydrogen (secondary N) is 2. The number of sulfonamides is 1. The molecule has 1 unspecified atom stereocenters. The van der Waals surface area contributed by atoms with Crippen molar-refractivity contribution in [3.8, 4) is 0 Å². The molecule has 22 heavy (non-hydrogen) atoms. The molecule has 0 aromatic carbocycles. The molecule has 1 atom stereocenters. The fraction of sp³-hybridized carbons (Fsp3) is 0.385. The zero-order valence-corrected chi connectivity index (χ0v) is 13.5. The lowest BCUT2D eigenvalue weighted by Crippen LogP contribution is -2.36. The summed E-state index contributed by atoms with van der Waals surface area (Å²) in [5.41, 5.74) is 0.279. The summed E-state index contributed by atoms with van der Waals surface area (Å²) in [6.07, 6.45) is 4.88. The number of carbonyl (C=O) groups excluding carboxylic acids is 1. The van der Waals surface area contributed by atoms with Crippen molar-refractivity contribution in [2.75, 3.05) is 7.05 Å². The third kappa shape index (κ3) is 3.55. The molecular formula is C13H19N5O3S. The molecule has 2 heterocycles. The molecule has 0 saturated carbocycles. The summed E-state index contributed by atoms with van der Waals surface area (Å²) in [6.45, 7) is 2.39. The summed E-state index contributed by atoms with van der Waals surface area (Å²) >= 11 is 0. The Morgan fingerprint density at radius 3 is 2.77 bits per heavy atom. The van der Waals surface area contributed by atoms with Crippen LogP contribution in [0.2, 0.25) is 0 Å². The van der Waals surface area contributed by atoms with Gasteiger partial charge < -0.3 is 9.88 Å². The summed E-state index contributed by atoms with van der Waals surface area (Å²) in [5.74, 6) is -0.334. The van der Waals surface area contributed by atoms with E-state index in [-0.39, 0.29) is 22.5 Å². The third-order valence-electron chi connectivity index (χ3n) is 3.19. The molecule has 2 aromatic rings. The molecular weight excluding hydrogens is 306 g/mol. The van der Waals surface area contributed by atoms with Crippen molar-refractivity contribution in [3.05, 3.63) is 36.4 Å². The maximum Gasteiger partial charge on any atom is 0.268 e. The Bertz CT molecular complexity index is 749. The molecule has 0 fully saturated rings. The Kier molecular flexibility index (Phi) is 4.67. The number of hydrogen-bond acceptors (Lipinski definition) is 4. The minimum Gasteiger partial charge on any atom is -0.346 e. The molecule has 0 spiro atoms. The van der Waals surface area contributed by atoms with E-state index in [0.717, 1.165) is 0 Å². The molecule has 9 heteroatoms. The van der Waals surface area contributed by atoms with E-state index in [0.29, 0.717) is 6.54 Å². The normalized spacial score (nSPS) is 13.0. The number of aromatic nitrogens is 3. The van der Waals surface area contributed by atoms with Gasteiger partial charge >= 0.3 is 0 Å². The van der Waals surface area contributed by atoms with Crippen molar-refractivity contribution in [1.29, 1.82) is 0 Å². The van der Waals surface area contributed by atoms with E-state index in [1.165, 1.54) is 23.9 Å². The predicted octanol–water partition coefficient (Wildman–Crippen LogP) is -0.0518. The van der Waals surface area contributed by atoms with Crippen LogP contribution in [0.4, 0.5) is 0 Å². The summed E-state index contributed by atoms with van der Waals surface area (Å²) in [6, 6.07) is 3.01. The van der Waals surface area contributed by atoms with Crippen LogP contribution in [0.3, 0.4) is 0 Å². The van der Waals surface area contributed by atoms with Crippen LogP contribution in [0.25, 0.3) is 0 Å². The van der Waals surface area contributed by atoms with Gasteiger partial charge in [-0.25, -0.2) is 13.1 Å². The van der Waals surface area contributed by atoms with E-state index in [9.17, 15) is 13.2 Å². The summed E-state index contributed by atoms with van der Waals surface area (Å²) in [7, 11) is -0.613. The molecule has 120 valence electrons. The van der Waals surface area contributed by atoms with Crippen molar-refractivity contribution in [2.45, 2.75) is 24.4 Å². The first-order valence-electron chi connectivity index (χ1n) is 6.71. The minimum absolute atomic E-state index is 0.0578. The first-order valence-corrected chi connectivity index (χ1v) is 8.20. The van der Waals surface area contributed by atoms with Gasteiger partial charge in [-0.2, -0.15) is 5.10 Å². The second kappa shape index (κ2) is 6.32. The Morgan fingerprint density at radius 1 is 1.45 bits per heavy atom. The Balaban J connectivity index is 2.10. The first kappa shape index (κ1) is 16.2. The molecule has 0 saturated heterocycles. The number of amides is 1. The van der Waals surface area contributed by atoms with Gasteiger partial charge in [0, 0.05) is 31.7 Å². The van der Waals surface area contributed by atoms with Gasteiger partial charge in [0.25, 0.3) is 5.91 Å². The van der Waals surface area contributed by atoms with Gasteiger partial charge in [0.1, 0.15) is 10.6 Å². The predicted molar refractivity (Wildman–Crippen MR) is 80.8 cm³/mol. The van der Waals surface area contributed by atoms with Crippen molar-refractivity contribution in [2.24, 2.45) is 7.05 Å². The molecule has 8 nitrogen and oxygen atoms in total. The lowest BCUT2D eigenvalue weighted by atomic mass is 10.3. The van der Waals surface area contributed by atoms with E-state index in [2.05, 4.69) is 15.1 Å². The van der Waals surface area contributed by atoms with Crippen molar-refractivity contribution < 1.29 is 13.2 Å². The average Bonchev–Trinajstić information content (AvgIpc) is 3.08. The van der Waals surface area contributed by atoms with Gasteiger partial charge in [0.15, 0.2) is 0 Å². The first-order chi connectivity index (χ1) is 10.3. The molecule has 0 aliphatic rings. The monoisotopic (exact) mass is 325 g/mol. The number of hydrogen-bond donors (Lipinski definition) is 2. The van der Waals surface area contributed by atoms with E-state index < -0.39 is 10.0 Å². The number of rotatable bonds is 6. The van der Waals surface area contributed by atoms with Crippen LogP contribution < -0.4 is 10.0 Å². The Hall–Kier alpha value is -2.13. The molecule has 0 aliphatic heterocycles. The lowest BCUT2D eigenvalue weighted by Gasteiger charge is -2.14. The van der Waals surface area contributed by atoms with Crippen LogP contribution in [0.1, 0.15) is 17.4 Å². The maximum atomic E-state index is 12.3. The fourth-order valence-corrected chi connectivity index (χ4v) is 2.86. The standard InChI is InChI=1S/C13H19N5O3S/c1-10(8-18-6-4-5-15-18)16-13(19)12-7-11(9-17(12)3)22(20,21)14-2/h4-7,9-10,14H,8H2,1-3H3,(H,16,19). The SMILES string of the molecule is CNS(=O)(=O)c1cc(C(=O)NC(C)Cn2cccn2)n(C)c1. The van der Waals surface area contributed by atoms with Crippen LogP contribution in [0, 0.1) is 0 Å². The molecule has 2 N–H and O–H groups in total. The van der Waals surface area contributed by atoms with Crippen molar-refractivity contribution in [1.82, 2.24) is 24.4 Å². The van der Waals surface area contributed by atoms with Gasteiger partial charge in [0.05, 0.1) is 6.54 Å². The van der Waals surface area contributed by atoms with Crippen LogP contribution >= 0.6 is 0 Å². The van der Waals surface area contributed by atoms with Crippen LogP contribution in [-0.4, -0.2) is 41.8 Å². The lowest BCUT2D eigenvalue weighted by molar-refractivity contribution is 0.0928. The summed E-state index contributed by atoms with van der Waals surface area (Å²) in [4.78, 5) is 12.3. The minimum atomic E-state index is -3.57. The summed E-state index contributed by atoms with van der Waals surface area (Å²) in [5, 5.41) is 6.90. The third-order valence-corrected chi connectivity index (χ3v) is 4.57. The second-order valence-corrected chi connectivity index (χ2v) is 6.87. The highest BCUT2D eigenvalue weighted by atomic mass is 32.2. The van der Waals surface area contributed by atoms with Gasteiger partial charge in [-0.1, -0.05) is 0 Å². The highest BCUT2D eigenvalue weighted by Crippen LogP contribution is 2.13. The fourth-order valence-electron chi connectivity index (χ4n) is 2.06. The van der Waals surface area contributed by atoms with Crippen molar-refractivity contribution >= 4 is 15.9 Å². The van der Waals surface area contributed by atoms with E-state index in [4.69, 9.17) is 0 Å². The van der Waals surface area contributed by atoms with Gasteiger partial charge in [-0.15, -0.1) is 0 Å². The zero-order chi connectivity index (χ0) is 16.3. The Morgan fingerprint density at radius 2 is 2.18 bits per heavy atom. The average molecular weight is 325 g/mol. The van der Waals surface area contributed by atoms with Crippen molar-refractivity contribution in [3.63, 3.8) is 0 Å². The molecule has 0 bridgehead atoms. The highest BCUT2D eigenvalue weighted by molar-refractivity contribution is 7.89. The number of carbonyl (C=O) groups is 1. The maximum absolute atomic E-state index is 12.3. The molecule has 0 aliphatic carbocycles. The topological polar surface area (TPSA) is 98.0 Å². The van der Waals surface area contributed by atoms with Crippen LogP contribution in [0.5, 0.6) is 0 Å². The van der Waals surface area contributed by atoms with Crippen LogP contribution in [-0.2, 0) is 23.6 Å².